The van der Waals surface area contributed by atoms with Crippen molar-refractivity contribution in [1.29, 1.82) is 0 Å². The molecule has 0 spiro atoms. The van der Waals surface area contributed by atoms with Crippen molar-refractivity contribution < 1.29 is 19.0 Å². The van der Waals surface area contributed by atoms with E-state index < -0.39 is 5.97 Å². The van der Waals surface area contributed by atoms with Crippen LogP contribution in [0.15, 0.2) is 18.2 Å². The number of benzene rings is 1. The number of carbonyl (C=O) groups excluding carboxylic acids is 1. The Morgan fingerprint density at radius 1 is 1.33 bits per heavy atom. The largest absolute Gasteiger partial charge is 0.496 e. The maximum atomic E-state index is 11.9. The minimum absolute atomic E-state index is 0.164. The third-order valence-corrected chi connectivity index (χ3v) is 2.21. The average Bonchev–Trinajstić information content (AvgIpc) is 2.35. The first-order valence-corrected chi connectivity index (χ1v) is 6.10. The summed E-state index contributed by atoms with van der Waals surface area (Å²) in [6.45, 7) is 6.26. The van der Waals surface area contributed by atoms with Crippen LogP contribution in [0.5, 0.6) is 11.5 Å². The van der Waals surface area contributed by atoms with E-state index in [2.05, 4.69) is 0 Å². The Balaban J connectivity index is 2.94. The number of methoxy groups -OCH3 is 1. The highest BCUT2D eigenvalue weighted by Gasteiger charge is 2.16. The first-order chi connectivity index (χ1) is 8.58. The first-order valence-electron chi connectivity index (χ1n) is 6.10. The molecule has 0 aliphatic rings. The molecule has 0 unspecified atom stereocenters. The highest BCUT2D eigenvalue weighted by molar-refractivity contribution is 5.93. The summed E-state index contributed by atoms with van der Waals surface area (Å²) >= 11 is 0. The number of rotatable bonds is 6. The molecular weight excluding hydrogens is 232 g/mol. The molecule has 0 radical (unpaired) electrons. The van der Waals surface area contributed by atoms with Crippen molar-refractivity contribution in [3.05, 3.63) is 23.8 Å². The summed E-state index contributed by atoms with van der Waals surface area (Å²) in [6, 6.07) is 5.14. The lowest BCUT2D eigenvalue weighted by Crippen LogP contribution is -2.13. The third kappa shape index (κ3) is 3.95. The van der Waals surface area contributed by atoms with Crippen LogP contribution in [0, 0.1) is 0 Å². The molecule has 0 N–H and O–H groups in total. The van der Waals surface area contributed by atoms with Crippen LogP contribution in [0.4, 0.5) is 0 Å². The molecule has 0 saturated carbocycles. The van der Waals surface area contributed by atoms with E-state index in [1.54, 1.807) is 18.2 Å². The van der Waals surface area contributed by atoms with Gasteiger partial charge in [-0.1, -0.05) is 6.92 Å². The van der Waals surface area contributed by atoms with Crippen LogP contribution in [0.25, 0.3) is 0 Å². The highest BCUT2D eigenvalue weighted by Crippen LogP contribution is 2.25. The summed E-state index contributed by atoms with van der Waals surface area (Å²) in [5, 5.41) is 0. The van der Waals surface area contributed by atoms with Crippen molar-refractivity contribution in [1.82, 2.24) is 0 Å². The number of hydrogen-bond acceptors (Lipinski definition) is 4. The van der Waals surface area contributed by atoms with Gasteiger partial charge in [-0.25, -0.2) is 4.79 Å². The molecule has 0 saturated heterocycles. The molecule has 1 aromatic carbocycles. The monoisotopic (exact) mass is 252 g/mol. The predicted octanol–water partition coefficient (Wildman–Crippen LogP) is 3.05. The molecule has 0 fully saturated rings. The van der Waals surface area contributed by atoms with Crippen LogP contribution in [-0.4, -0.2) is 25.8 Å². The second kappa shape index (κ2) is 6.89. The summed E-state index contributed by atoms with van der Waals surface area (Å²) in [7, 11) is 1.52. The molecule has 0 heterocycles. The van der Waals surface area contributed by atoms with Gasteiger partial charge in [-0.15, -0.1) is 0 Å². The zero-order valence-corrected chi connectivity index (χ0v) is 11.4. The van der Waals surface area contributed by atoms with Gasteiger partial charge in [0.15, 0.2) is 0 Å². The van der Waals surface area contributed by atoms with Gasteiger partial charge in [0.25, 0.3) is 0 Å². The van der Waals surface area contributed by atoms with Crippen LogP contribution in [0.1, 0.15) is 37.6 Å². The highest BCUT2D eigenvalue weighted by atomic mass is 16.5. The molecule has 4 heteroatoms. The lowest BCUT2D eigenvalue weighted by molar-refractivity contribution is 0.0374. The molecule has 0 bridgehead atoms. The smallest absolute Gasteiger partial charge is 0.342 e. The van der Waals surface area contributed by atoms with E-state index in [0.29, 0.717) is 23.7 Å². The van der Waals surface area contributed by atoms with E-state index in [1.165, 1.54) is 7.11 Å². The van der Waals surface area contributed by atoms with Crippen LogP contribution in [-0.2, 0) is 4.74 Å². The van der Waals surface area contributed by atoms with Crippen molar-refractivity contribution in [2.45, 2.75) is 33.3 Å². The van der Waals surface area contributed by atoms with E-state index in [4.69, 9.17) is 14.2 Å². The Hall–Kier alpha value is -1.71. The standard InChI is InChI=1S/C14H20O4/c1-5-8-17-11-6-7-13(16-4)12(9-11)14(15)18-10(2)3/h6-7,9-10H,5,8H2,1-4H3. The maximum absolute atomic E-state index is 11.9. The van der Waals surface area contributed by atoms with Gasteiger partial charge < -0.3 is 14.2 Å². The first kappa shape index (κ1) is 14.4. The van der Waals surface area contributed by atoms with E-state index in [0.717, 1.165) is 6.42 Å². The summed E-state index contributed by atoms with van der Waals surface area (Å²) in [5.41, 5.74) is 0.389. The fourth-order valence-electron chi connectivity index (χ4n) is 1.43. The van der Waals surface area contributed by atoms with Crippen molar-refractivity contribution in [2.75, 3.05) is 13.7 Å². The normalized spacial score (nSPS) is 10.3. The lowest BCUT2D eigenvalue weighted by atomic mass is 10.2. The van der Waals surface area contributed by atoms with Gasteiger partial charge in [0.1, 0.15) is 17.1 Å². The van der Waals surface area contributed by atoms with Crippen molar-refractivity contribution in [3.63, 3.8) is 0 Å². The number of hydrogen-bond donors (Lipinski definition) is 0. The third-order valence-electron chi connectivity index (χ3n) is 2.21. The topological polar surface area (TPSA) is 44.8 Å². The minimum atomic E-state index is -0.399. The Labute approximate surface area is 108 Å². The summed E-state index contributed by atoms with van der Waals surface area (Å²) in [5.74, 6) is 0.738. The van der Waals surface area contributed by atoms with E-state index in [1.807, 2.05) is 20.8 Å². The Kier molecular flexibility index (Phi) is 5.49. The fraction of sp³-hybridized carbons (Fsp3) is 0.500. The summed E-state index contributed by atoms with van der Waals surface area (Å²) in [6.07, 6.45) is 0.750. The Morgan fingerprint density at radius 2 is 2.06 bits per heavy atom. The zero-order chi connectivity index (χ0) is 13.5. The summed E-state index contributed by atoms with van der Waals surface area (Å²) in [4.78, 5) is 11.9. The van der Waals surface area contributed by atoms with Crippen LogP contribution < -0.4 is 9.47 Å². The summed E-state index contributed by atoms with van der Waals surface area (Å²) < 4.78 is 15.8. The number of esters is 1. The maximum Gasteiger partial charge on any atom is 0.342 e. The SMILES string of the molecule is CCCOc1ccc(OC)c(C(=O)OC(C)C)c1. The Bertz CT molecular complexity index is 399. The molecule has 0 atom stereocenters. The molecule has 0 aliphatic heterocycles. The van der Waals surface area contributed by atoms with E-state index >= 15 is 0 Å². The second-order valence-corrected chi connectivity index (χ2v) is 4.16. The van der Waals surface area contributed by atoms with Crippen molar-refractivity contribution >= 4 is 5.97 Å². The van der Waals surface area contributed by atoms with Crippen molar-refractivity contribution in [3.8, 4) is 11.5 Å². The van der Waals surface area contributed by atoms with Gasteiger partial charge in [-0.3, -0.25) is 0 Å². The average molecular weight is 252 g/mol. The molecule has 0 aliphatic carbocycles. The number of ether oxygens (including phenoxy) is 3. The van der Waals surface area contributed by atoms with E-state index in [9.17, 15) is 4.79 Å². The molecule has 1 rings (SSSR count). The quantitative estimate of drug-likeness (QED) is 0.730. The van der Waals surface area contributed by atoms with Crippen LogP contribution >= 0.6 is 0 Å². The fourth-order valence-corrected chi connectivity index (χ4v) is 1.43. The van der Waals surface area contributed by atoms with Gasteiger partial charge >= 0.3 is 5.97 Å². The van der Waals surface area contributed by atoms with Gasteiger partial charge in [0, 0.05) is 0 Å². The molecular formula is C14H20O4. The molecule has 0 amide bonds. The van der Waals surface area contributed by atoms with Crippen LogP contribution in [0.2, 0.25) is 0 Å². The van der Waals surface area contributed by atoms with Crippen molar-refractivity contribution in [2.24, 2.45) is 0 Å². The van der Waals surface area contributed by atoms with Gasteiger partial charge in [0.05, 0.1) is 19.8 Å². The van der Waals surface area contributed by atoms with Gasteiger partial charge in [-0.2, -0.15) is 0 Å². The minimum Gasteiger partial charge on any atom is -0.496 e. The zero-order valence-electron chi connectivity index (χ0n) is 11.4. The molecule has 4 nitrogen and oxygen atoms in total. The Morgan fingerprint density at radius 3 is 2.61 bits per heavy atom. The van der Waals surface area contributed by atoms with E-state index in [-0.39, 0.29) is 6.10 Å². The lowest BCUT2D eigenvalue weighted by Gasteiger charge is -2.12. The molecule has 1 aromatic rings. The molecule has 0 aromatic heterocycles. The van der Waals surface area contributed by atoms with Crippen LogP contribution in [0.3, 0.4) is 0 Å². The van der Waals surface area contributed by atoms with Gasteiger partial charge in [-0.05, 0) is 38.5 Å². The predicted molar refractivity (Wildman–Crippen MR) is 69.3 cm³/mol. The molecule has 100 valence electrons. The second-order valence-electron chi connectivity index (χ2n) is 4.16. The molecule has 18 heavy (non-hydrogen) atoms. The number of carbonyl (C=O) groups is 1. The van der Waals surface area contributed by atoms with Gasteiger partial charge in [0.2, 0.25) is 0 Å².